The Morgan fingerprint density at radius 1 is 0.946 bits per heavy atom. The van der Waals surface area contributed by atoms with Gasteiger partial charge in [-0.3, -0.25) is 14.4 Å². The van der Waals surface area contributed by atoms with E-state index >= 15 is 0 Å². The third-order valence-corrected chi connectivity index (χ3v) is 7.29. The highest BCUT2D eigenvalue weighted by atomic mass is 16.2. The van der Waals surface area contributed by atoms with Crippen LogP contribution in [0.4, 0.5) is 5.69 Å². The van der Waals surface area contributed by atoms with E-state index in [1.165, 1.54) is 0 Å². The van der Waals surface area contributed by atoms with Gasteiger partial charge >= 0.3 is 0 Å². The summed E-state index contributed by atoms with van der Waals surface area (Å²) >= 11 is 0. The number of hydrogen-bond acceptors (Lipinski definition) is 3. The highest BCUT2D eigenvalue weighted by molar-refractivity contribution is 6.25. The maximum atomic E-state index is 13.5. The normalized spacial score (nSPS) is 14.0. The Hall–Kier alpha value is -3.67. The molecule has 1 aliphatic heterocycles. The summed E-state index contributed by atoms with van der Waals surface area (Å²) in [5.74, 6) is -0.167. The molecule has 1 N–H and O–H groups in total. The molecule has 3 amide bonds. The lowest BCUT2D eigenvalue weighted by Crippen LogP contribution is -2.51. The Balaban J connectivity index is 1.45. The first-order chi connectivity index (χ1) is 17.9. The maximum Gasteiger partial charge on any atom is 0.258 e. The van der Waals surface area contributed by atoms with E-state index in [2.05, 4.69) is 5.32 Å². The molecule has 1 heterocycles. The number of carbonyl (C=O) groups is 3. The number of rotatable bonds is 12. The molecule has 0 saturated heterocycles. The Morgan fingerprint density at radius 2 is 1.68 bits per heavy atom. The van der Waals surface area contributed by atoms with Gasteiger partial charge in [-0.15, -0.1) is 0 Å². The highest BCUT2D eigenvalue weighted by Crippen LogP contribution is 2.37. The van der Waals surface area contributed by atoms with Crippen LogP contribution in [-0.2, 0) is 16.0 Å². The molecule has 0 unspecified atom stereocenters. The molecule has 0 spiro atoms. The van der Waals surface area contributed by atoms with Crippen LogP contribution in [0.5, 0.6) is 0 Å². The van der Waals surface area contributed by atoms with E-state index in [1.807, 2.05) is 87.5 Å². The standard InChI is InChI=1S/C31H37N3O3/c1-4-22(3)32-30(36)26(5-2)33(21-19-23-12-7-6-8-13-23)28(35)18-11-20-34-27-17-10-15-24-14-9-16-25(29(24)27)31(34)37/h6-10,12-17,22,26H,4-5,11,18-21H2,1-3H3,(H,32,36)/t22-,26+/m1/s1. The molecule has 3 aromatic rings. The zero-order chi connectivity index (χ0) is 26.4. The van der Waals surface area contributed by atoms with Gasteiger partial charge in [0.15, 0.2) is 0 Å². The van der Waals surface area contributed by atoms with Gasteiger partial charge in [0, 0.05) is 36.5 Å². The van der Waals surface area contributed by atoms with Gasteiger partial charge < -0.3 is 15.1 Å². The van der Waals surface area contributed by atoms with Crippen LogP contribution in [0.2, 0.25) is 0 Å². The minimum absolute atomic E-state index is 0.0143. The van der Waals surface area contributed by atoms with Gasteiger partial charge in [-0.1, -0.05) is 68.4 Å². The topological polar surface area (TPSA) is 69.7 Å². The molecule has 3 aromatic carbocycles. The number of anilines is 1. The molecule has 4 rings (SSSR count). The fourth-order valence-electron chi connectivity index (χ4n) is 5.07. The number of nitrogens with one attached hydrogen (secondary N) is 1. The fraction of sp³-hybridized carbons (Fsp3) is 0.387. The minimum Gasteiger partial charge on any atom is -0.352 e. The van der Waals surface area contributed by atoms with Crippen LogP contribution in [0.25, 0.3) is 10.8 Å². The number of amides is 3. The summed E-state index contributed by atoms with van der Waals surface area (Å²) in [4.78, 5) is 43.3. The zero-order valence-electron chi connectivity index (χ0n) is 22.1. The van der Waals surface area contributed by atoms with Crippen molar-refractivity contribution in [1.82, 2.24) is 10.2 Å². The van der Waals surface area contributed by atoms with Crippen molar-refractivity contribution in [3.05, 3.63) is 77.9 Å². The Labute approximate surface area is 219 Å². The van der Waals surface area contributed by atoms with Gasteiger partial charge in [0.25, 0.3) is 5.91 Å². The minimum atomic E-state index is -0.517. The number of carbonyl (C=O) groups excluding carboxylic acids is 3. The summed E-state index contributed by atoms with van der Waals surface area (Å²) in [6.45, 7) is 6.89. The van der Waals surface area contributed by atoms with Gasteiger partial charge in [-0.05, 0) is 55.7 Å². The lowest BCUT2D eigenvalue weighted by Gasteiger charge is -2.31. The third-order valence-electron chi connectivity index (χ3n) is 7.29. The molecule has 6 nitrogen and oxygen atoms in total. The molecule has 37 heavy (non-hydrogen) atoms. The monoisotopic (exact) mass is 499 g/mol. The van der Waals surface area contributed by atoms with Crippen molar-refractivity contribution in [2.75, 3.05) is 18.0 Å². The Bertz CT molecular complexity index is 1250. The first-order valence-corrected chi connectivity index (χ1v) is 13.4. The van der Waals surface area contributed by atoms with Crippen molar-refractivity contribution in [3.63, 3.8) is 0 Å². The van der Waals surface area contributed by atoms with Crippen molar-refractivity contribution < 1.29 is 14.4 Å². The quantitative estimate of drug-likeness (QED) is 0.365. The van der Waals surface area contributed by atoms with Crippen LogP contribution in [0.15, 0.2) is 66.7 Å². The lowest BCUT2D eigenvalue weighted by atomic mass is 10.1. The van der Waals surface area contributed by atoms with E-state index in [4.69, 9.17) is 0 Å². The molecule has 1 aliphatic rings. The summed E-state index contributed by atoms with van der Waals surface area (Å²) in [7, 11) is 0. The molecule has 6 heteroatoms. The molecule has 2 atom stereocenters. The molecule has 0 radical (unpaired) electrons. The largest absolute Gasteiger partial charge is 0.352 e. The van der Waals surface area contributed by atoms with Gasteiger partial charge in [-0.2, -0.15) is 0 Å². The van der Waals surface area contributed by atoms with E-state index in [-0.39, 0.29) is 30.2 Å². The fourth-order valence-corrected chi connectivity index (χ4v) is 5.07. The van der Waals surface area contributed by atoms with Crippen LogP contribution in [-0.4, -0.2) is 47.8 Å². The highest BCUT2D eigenvalue weighted by Gasteiger charge is 2.31. The van der Waals surface area contributed by atoms with Crippen LogP contribution >= 0.6 is 0 Å². The Kier molecular flexibility index (Phi) is 8.59. The molecular formula is C31H37N3O3. The first-order valence-electron chi connectivity index (χ1n) is 13.4. The molecule has 0 aromatic heterocycles. The van der Waals surface area contributed by atoms with Gasteiger partial charge in [0.1, 0.15) is 6.04 Å². The second-order valence-corrected chi connectivity index (χ2v) is 9.81. The van der Waals surface area contributed by atoms with E-state index in [0.29, 0.717) is 32.4 Å². The average Bonchev–Trinajstić information content (AvgIpc) is 3.19. The summed E-state index contributed by atoms with van der Waals surface area (Å²) in [6, 6.07) is 21.3. The summed E-state index contributed by atoms with van der Waals surface area (Å²) in [6.07, 6.45) is 2.86. The van der Waals surface area contributed by atoms with Crippen LogP contribution in [0.3, 0.4) is 0 Å². The zero-order valence-corrected chi connectivity index (χ0v) is 22.1. The van der Waals surface area contributed by atoms with Crippen molar-refractivity contribution >= 4 is 34.2 Å². The van der Waals surface area contributed by atoms with Gasteiger partial charge in [0.2, 0.25) is 11.8 Å². The number of benzene rings is 3. The maximum absolute atomic E-state index is 13.5. The van der Waals surface area contributed by atoms with Gasteiger partial charge in [0.05, 0.1) is 5.69 Å². The van der Waals surface area contributed by atoms with Crippen LogP contribution < -0.4 is 10.2 Å². The van der Waals surface area contributed by atoms with Crippen molar-refractivity contribution in [2.24, 2.45) is 0 Å². The predicted octanol–water partition coefficient (Wildman–Crippen LogP) is 5.34. The van der Waals surface area contributed by atoms with Crippen molar-refractivity contribution in [2.45, 2.75) is 65.0 Å². The SMILES string of the molecule is CC[C@@H](C)NC(=O)[C@H](CC)N(CCc1ccccc1)C(=O)CCCN1C(=O)c2cccc3cccc1c23. The number of hydrogen-bond donors (Lipinski definition) is 1. The second-order valence-electron chi connectivity index (χ2n) is 9.81. The Morgan fingerprint density at radius 3 is 2.38 bits per heavy atom. The molecule has 0 saturated carbocycles. The van der Waals surface area contributed by atoms with E-state index in [0.717, 1.165) is 34.0 Å². The number of nitrogens with zero attached hydrogens (tertiary/aromatic N) is 2. The molecule has 0 fully saturated rings. The molecule has 0 aliphatic carbocycles. The third kappa shape index (κ3) is 5.85. The van der Waals surface area contributed by atoms with E-state index in [9.17, 15) is 14.4 Å². The van der Waals surface area contributed by atoms with Crippen LogP contribution in [0.1, 0.15) is 62.4 Å². The van der Waals surface area contributed by atoms with Crippen LogP contribution in [0, 0.1) is 0 Å². The summed E-state index contributed by atoms with van der Waals surface area (Å²) in [5, 5.41) is 5.09. The molecule has 0 bridgehead atoms. The second kappa shape index (κ2) is 12.0. The smallest absolute Gasteiger partial charge is 0.258 e. The van der Waals surface area contributed by atoms with Crippen molar-refractivity contribution in [1.29, 1.82) is 0 Å². The van der Waals surface area contributed by atoms with E-state index < -0.39 is 6.04 Å². The van der Waals surface area contributed by atoms with Crippen molar-refractivity contribution in [3.8, 4) is 0 Å². The van der Waals surface area contributed by atoms with Gasteiger partial charge in [-0.25, -0.2) is 0 Å². The predicted molar refractivity (Wildman–Crippen MR) is 149 cm³/mol. The molecule has 194 valence electrons. The lowest BCUT2D eigenvalue weighted by molar-refractivity contribution is -0.141. The first kappa shape index (κ1) is 26.4. The summed E-state index contributed by atoms with van der Waals surface area (Å²) < 4.78 is 0. The van der Waals surface area contributed by atoms with E-state index in [1.54, 1.807) is 9.80 Å². The molecular weight excluding hydrogens is 462 g/mol. The average molecular weight is 500 g/mol. The summed E-state index contributed by atoms with van der Waals surface area (Å²) in [5.41, 5.74) is 2.76.